The topological polar surface area (TPSA) is 90.0 Å². The number of benzene rings is 1. The summed E-state index contributed by atoms with van der Waals surface area (Å²) in [6.45, 7) is 3.51. The van der Waals surface area contributed by atoms with E-state index < -0.39 is 11.9 Å². The zero-order chi connectivity index (χ0) is 18.5. The Balaban J connectivity index is 2.26. The first-order valence-electron chi connectivity index (χ1n) is 8.85. The highest BCUT2D eigenvalue weighted by Crippen LogP contribution is 2.35. The van der Waals surface area contributed by atoms with Gasteiger partial charge < -0.3 is 9.64 Å². The quantitative estimate of drug-likeness (QED) is 0.788. The van der Waals surface area contributed by atoms with Crippen molar-refractivity contribution in [3.05, 3.63) is 35.4 Å². The second-order valence-corrected chi connectivity index (χ2v) is 6.21. The van der Waals surface area contributed by atoms with Crippen LogP contribution in [-0.4, -0.2) is 30.6 Å². The van der Waals surface area contributed by atoms with Crippen molar-refractivity contribution in [2.24, 2.45) is 0 Å². The number of anilines is 1. The molecule has 1 unspecified atom stereocenters. The van der Waals surface area contributed by atoms with Gasteiger partial charge in [0.05, 0.1) is 18.2 Å². The molecule has 6 nitrogen and oxygen atoms in total. The molecule has 0 N–H and O–H groups in total. The number of aromatic nitrogens is 1. The van der Waals surface area contributed by atoms with E-state index >= 15 is 0 Å². The first kappa shape index (κ1) is 17.7. The van der Waals surface area contributed by atoms with Crippen molar-refractivity contribution >= 4 is 22.7 Å². The molecule has 0 spiro atoms. The number of carbonyl (C=O) groups is 1. The van der Waals surface area contributed by atoms with Gasteiger partial charge in [0.1, 0.15) is 17.5 Å². The third-order valence-corrected chi connectivity index (χ3v) is 4.62. The van der Waals surface area contributed by atoms with E-state index in [0.29, 0.717) is 27.8 Å². The average molecular weight is 348 g/mol. The summed E-state index contributed by atoms with van der Waals surface area (Å²) in [7, 11) is 0. The number of para-hydroxylation sites is 1. The number of nitriles is 2. The van der Waals surface area contributed by atoms with Crippen LogP contribution >= 0.6 is 0 Å². The summed E-state index contributed by atoms with van der Waals surface area (Å²) in [5.74, 6) is -1.22. The van der Waals surface area contributed by atoms with Crippen LogP contribution in [0.5, 0.6) is 0 Å². The molecule has 1 saturated heterocycles. The van der Waals surface area contributed by atoms with E-state index in [1.165, 1.54) is 0 Å². The van der Waals surface area contributed by atoms with E-state index in [-0.39, 0.29) is 6.61 Å². The molecule has 0 radical (unpaired) electrons. The summed E-state index contributed by atoms with van der Waals surface area (Å²) < 4.78 is 5.08. The molecule has 2 aromatic rings. The highest BCUT2D eigenvalue weighted by Gasteiger charge is 2.30. The predicted octanol–water partition coefficient (Wildman–Crippen LogP) is 3.27. The third kappa shape index (κ3) is 3.19. The summed E-state index contributed by atoms with van der Waals surface area (Å²) >= 11 is 0. The van der Waals surface area contributed by atoms with Crippen LogP contribution in [-0.2, 0) is 9.53 Å². The van der Waals surface area contributed by atoms with Gasteiger partial charge in [-0.2, -0.15) is 10.5 Å². The first-order chi connectivity index (χ1) is 12.7. The van der Waals surface area contributed by atoms with Crippen LogP contribution < -0.4 is 4.90 Å². The van der Waals surface area contributed by atoms with Crippen molar-refractivity contribution in [1.29, 1.82) is 10.5 Å². The number of carbonyl (C=O) groups excluding carboxylic acids is 1. The van der Waals surface area contributed by atoms with E-state index in [4.69, 9.17) is 9.72 Å². The van der Waals surface area contributed by atoms with Crippen LogP contribution in [0.15, 0.2) is 24.3 Å². The average Bonchev–Trinajstić information content (AvgIpc) is 2.69. The molecule has 0 amide bonds. The van der Waals surface area contributed by atoms with Crippen LogP contribution in [0.4, 0.5) is 5.82 Å². The van der Waals surface area contributed by atoms with Gasteiger partial charge in [0.2, 0.25) is 0 Å². The molecular weight excluding hydrogens is 328 g/mol. The number of piperidine rings is 1. The maximum atomic E-state index is 12.4. The largest absolute Gasteiger partial charge is 0.465 e. The number of pyridine rings is 1. The van der Waals surface area contributed by atoms with E-state index in [1.54, 1.807) is 13.0 Å². The molecule has 0 bridgehead atoms. The minimum Gasteiger partial charge on any atom is -0.465 e. The maximum Gasteiger partial charge on any atom is 0.327 e. The lowest BCUT2D eigenvalue weighted by Gasteiger charge is -2.29. The van der Waals surface area contributed by atoms with E-state index in [1.807, 2.05) is 24.3 Å². The molecule has 3 rings (SSSR count). The van der Waals surface area contributed by atoms with Crippen LogP contribution in [0.2, 0.25) is 0 Å². The van der Waals surface area contributed by atoms with Gasteiger partial charge in [-0.3, -0.25) is 4.79 Å². The molecular formula is C20H20N4O2. The minimum atomic E-state index is -1.15. The first-order valence-corrected chi connectivity index (χ1v) is 8.85. The van der Waals surface area contributed by atoms with Crippen molar-refractivity contribution < 1.29 is 9.53 Å². The van der Waals surface area contributed by atoms with Crippen molar-refractivity contribution in [2.75, 3.05) is 24.6 Å². The lowest BCUT2D eigenvalue weighted by molar-refractivity contribution is -0.143. The highest BCUT2D eigenvalue weighted by atomic mass is 16.5. The van der Waals surface area contributed by atoms with Crippen LogP contribution in [0.1, 0.15) is 43.2 Å². The molecule has 2 heterocycles. The predicted molar refractivity (Wildman–Crippen MR) is 97.5 cm³/mol. The Morgan fingerprint density at radius 2 is 2.00 bits per heavy atom. The lowest BCUT2D eigenvalue weighted by Crippen LogP contribution is -2.31. The standard InChI is InChI=1S/C20H20N4O2/c1-2-26-20(25)16(13-22)18-14-8-4-5-9-17(14)23-19(15(18)12-21)24-10-6-3-7-11-24/h4-5,8-9,16H,2-3,6-7,10-11H2,1H3. The zero-order valence-corrected chi connectivity index (χ0v) is 14.7. The van der Waals surface area contributed by atoms with Gasteiger partial charge in [-0.25, -0.2) is 4.98 Å². The van der Waals surface area contributed by atoms with Gasteiger partial charge in [-0.1, -0.05) is 18.2 Å². The molecule has 6 heteroatoms. The number of fused-ring (bicyclic) bond motifs is 1. The molecule has 0 aliphatic carbocycles. The Morgan fingerprint density at radius 3 is 2.65 bits per heavy atom. The normalized spacial score (nSPS) is 15.1. The van der Waals surface area contributed by atoms with E-state index in [2.05, 4.69) is 11.0 Å². The van der Waals surface area contributed by atoms with Gasteiger partial charge in [0, 0.05) is 24.0 Å². The summed E-state index contributed by atoms with van der Waals surface area (Å²) in [5.41, 5.74) is 1.37. The molecule has 1 aromatic heterocycles. The Bertz CT molecular complexity index is 904. The molecule has 1 fully saturated rings. The molecule has 0 saturated carbocycles. The summed E-state index contributed by atoms with van der Waals surface area (Å²) in [6, 6.07) is 11.5. The Kier molecular flexibility index (Phi) is 5.34. The van der Waals surface area contributed by atoms with Crippen LogP contribution in [0.3, 0.4) is 0 Å². The van der Waals surface area contributed by atoms with Gasteiger partial charge >= 0.3 is 5.97 Å². The van der Waals surface area contributed by atoms with Gasteiger partial charge in [0.15, 0.2) is 5.92 Å². The van der Waals surface area contributed by atoms with E-state index in [0.717, 1.165) is 32.4 Å². The van der Waals surface area contributed by atoms with Gasteiger partial charge in [-0.15, -0.1) is 0 Å². The highest BCUT2D eigenvalue weighted by molar-refractivity contribution is 5.94. The fourth-order valence-electron chi connectivity index (χ4n) is 3.43. The molecule has 132 valence electrons. The number of nitrogens with zero attached hydrogens (tertiary/aromatic N) is 4. The Labute approximate surface area is 152 Å². The summed E-state index contributed by atoms with van der Waals surface area (Å²) in [5, 5.41) is 20.2. The summed E-state index contributed by atoms with van der Waals surface area (Å²) in [4.78, 5) is 19.2. The summed E-state index contributed by atoms with van der Waals surface area (Å²) in [6.07, 6.45) is 3.23. The fourth-order valence-corrected chi connectivity index (χ4v) is 3.43. The zero-order valence-electron chi connectivity index (χ0n) is 14.7. The molecule has 1 aliphatic heterocycles. The van der Waals surface area contributed by atoms with Crippen LogP contribution in [0, 0.1) is 22.7 Å². The Morgan fingerprint density at radius 1 is 1.27 bits per heavy atom. The maximum absolute atomic E-state index is 12.4. The number of ether oxygens (including phenoxy) is 1. The van der Waals surface area contributed by atoms with Crippen molar-refractivity contribution in [1.82, 2.24) is 4.98 Å². The van der Waals surface area contributed by atoms with Gasteiger partial charge in [0.25, 0.3) is 0 Å². The number of hydrogen-bond acceptors (Lipinski definition) is 6. The minimum absolute atomic E-state index is 0.181. The molecule has 1 atom stereocenters. The third-order valence-electron chi connectivity index (χ3n) is 4.62. The number of esters is 1. The van der Waals surface area contributed by atoms with E-state index in [9.17, 15) is 15.3 Å². The SMILES string of the molecule is CCOC(=O)C(C#N)c1c(C#N)c(N2CCCCC2)nc2ccccc12. The second-order valence-electron chi connectivity index (χ2n) is 6.21. The van der Waals surface area contributed by atoms with Crippen molar-refractivity contribution in [3.8, 4) is 12.1 Å². The monoisotopic (exact) mass is 348 g/mol. The smallest absolute Gasteiger partial charge is 0.327 e. The number of hydrogen-bond donors (Lipinski definition) is 0. The number of rotatable bonds is 4. The molecule has 1 aromatic carbocycles. The molecule has 26 heavy (non-hydrogen) atoms. The second kappa shape index (κ2) is 7.84. The van der Waals surface area contributed by atoms with Crippen LogP contribution in [0.25, 0.3) is 10.9 Å². The fraction of sp³-hybridized carbons (Fsp3) is 0.400. The Hall–Kier alpha value is -3.12. The van der Waals surface area contributed by atoms with Crippen molar-refractivity contribution in [2.45, 2.75) is 32.1 Å². The van der Waals surface area contributed by atoms with Crippen molar-refractivity contribution in [3.63, 3.8) is 0 Å². The lowest BCUT2D eigenvalue weighted by atomic mass is 9.91. The molecule has 1 aliphatic rings. The van der Waals surface area contributed by atoms with Gasteiger partial charge in [-0.05, 0) is 32.3 Å².